The van der Waals surface area contributed by atoms with Gasteiger partial charge in [-0.1, -0.05) is 20.3 Å². The maximum Gasteiger partial charge on any atom is 0.265 e. The Morgan fingerprint density at radius 2 is 1.68 bits per heavy atom. The predicted octanol–water partition coefficient (Wildman–Crippen LogP) is 4.54. The highest BCUT2D eigenvalue weighted by Gasteiger charge is 2.17. The van der Waals surface area contributed by atoms with Crippen molar-refractivity contribution in [2.24, 2.45) is 0 Å². The molecule has 0 aliphatic heterocycles. The van der Waals surface area contributed by atoms with Crippen LogP contribution in [0.15, 0.2) is 18.2 Å². The summed E-state index contributed by atoms with van der Waals surface area (Å²) in [5.41, 5.74) is 1.85. The molecule has 6 heteroatoms. The smallest absolute Gasteiger partial charge is 0.265 e. The zero-order valence-corrected chi connectivity index (χ0v) is 16.2. The zero-order chi connectivity index (χ0) is 18.4. The van der Waals surface area contributed by atoms with E-state index in [2.05, 4.69) is 19.2 Å². The van der Waals surface area contributed by atoms with Crippen LogP contribution in [0.1, 0.15) is 40.4 Å². The number of ether oxygens (including phenoxy) is 3. The number of benzene rings is 1. The number of hydrogen-bond donors (Lipinski definition) is 1. The van der Waals surface area contributed by atoms with E-state index in [1.54, 1.807) is 44.8 Å². The molecule has 0 aliphatic carbocycles. The minimum atomic E-state index is -0.128. The van der Waals surface area contributed by atoms with Crippen molar-refractivity contribution < 1.29 is 19.0 Å². The fourth-order valence-electron chi connectivity index (χ4n) is 2.66. The number of carbonyl (C=O) groups is 1. The Labute approximate surface area is 152 Å². The lowest BCUT2D eigenvalue weighted by Gasteiger charge is -2.14. The molecule has 0 saturated carbocycles. The summed E-state index contributed by atoms with van der Waals surface area (Å²) in [5.74, 6) is 1.38. The summed E-state index contributed by atoms with van der Waals surface area (Å²) in [6.45, 7) is 4.26. The van der Waals surface area contributed by atoms with Crippen LogP contribution in [0.2, 0.25) is 0 Å². The van der Waals surface area contributed by atoms with Gasteiger partial charge in [-0.2, -0.15) is 0 Å². The minimum absolute atomic E-state index is 0.128. The number of thiophene rings is 1. The molecule has 0 unspecified atom stereocenters. The number of aryl methyl sites for hydroxylation is 2. The first-order valence-electron chi connectivity index (χ1n) is 8.30. The molecule has 5 nitrogen and oxygen atoms in total. The van der Waals surface area contributed by atoms with E-state index in [-0.39, 0.29) is 5.91 Å². The van der Waals surface area contributed by atoms with Crippen LogP contribution in [-0.2, 0) is 12.8 Å². The summed E-state index contributed by atoms with van der Waals surface area (Å²) in [4.78, 5) is 14.6. The molecular weight excluding hydrogens is 338 g/mol. The third-order valence-corrected chi connectivity index (χ3v) is 5.14. The second-order valence-electron chi connectivity index (χ2n) is 5.53. The number of rotatable bonds is 8. The first-order chi connectivity index (χ1) is 12.1. The summed E-state index contributed by atoms with van der Waals surface area (Å²) in [6, 6.07) is 5.43. The summed E-state index contributed by atoms with van der Waals surface area (Å²) >= 11 is 1.56. The molecule has 0 aliphatic rings. The SMILES string of the molecule is CCCc1sc(C(=O)Nc2cc(OC)c(OC)c(OC)c2)cc1CC. The van der Waals surface area contributed by atoms with Crippen LogP contribution in [0.5, 0.6) is 17.2 Å². The zero-order valence-electron chi connectivity index (χ0n) is 15.4. The highest BCUT2D eigenvalue weighted by atomic mass is 32.1. The molecule has 1 N–H and O–H groups in total. The van der Waals surface area contributed by atoms with Gasteiger partial charge in [0.15, 0.2) is 11.5 Å². The number of anilines is 1. The Morgan fingerprint density at radius 3 is 2.16 bits per heavy atom. The molecular formula is C19H25NO4S. The molecule has 2 rings (SSSR count). The monoisotopic (exact) mass is 363 g/mol. The van der Waals surface area contributed by atoms with Crippen molar-refractivity contribution in [1.82, 2.24) is 0 Å². The van der Waals surface area contributed by atoms with Gasteiger partial charge in [-0.3, -0.25) is 4.79 Å². The molecule has 1 aromatic heterocycles. The molecule has 1 heterocycles. The molecule has 2 aromatic rings. The van der Waals surface area contributed by atoms with Gasteiger partial charge in [0.25, 0.3) is 5.91 Å². The van der Waals surface area contributed by atoms with Crippen molar-refractivity contribution in [2.75, 3.05) is 26.6 Å². The number of methoxy groups -OCH3 is 3. The van der Waals surface area contributed by atoms with Crippen molar-refractivity contribution in [2.45, 2.75) is 33.1 Å². The lowest BCUT2D eigenvalue weighted by atomic mass is 10.1. The average molecular weight is 363 g/mol. The van der Waals surface area contributed by atoms with E-state index < -0.39 is 0 Å². The summed E-state index contributed by atoms with van der Waals surface area (Å²) < 4.78 is 16.0. The molecule has 0 bridgehead atoms. The number of hydrogen-bond acceptors (Lipinski definition) is 5. The number of nitrogens with one attached hydrogen (secondary N) is 1. The van der Waals surface area contributed by atoms with E-state index in [9.17, 15) is 4.79 Å². The first-order valence-corrected chi connectivity index (χ1v) is 9.12. The third-order valence-electron chi connectivity index (χ3n) is 3.90. The normalized spacial score (nSPS) is 10.4. The Balaban J connectivity index is 2.28. The molecule has 0 atom stereocenters. The van der Waals surface area contributed by atoms with E-state index >= 15 is 0 Å². The molecule has 136 valence electrons. The van der Waals surface area contributed by atoms with Crippen LogP contribution in [0.4, 0.5) is 5.69 Å². The van der Waals surface area contributed by atoms with Gasteiger partial charge >= 0.3 is 0 Å². The van der Waals surface area contributed by atoms with E-state index in [1.807, 2.05) is 6.07 Å². The standard InChI is InChI=1S/C19H25NO4S/c1-6-8-16-12(7-2)9-17(25-16)19(21)20-13-10-14(22-3)18(24-5)15(11-13)23-4/h9-11H,6-8H2,1-5H3,(H,20,21). The highest BCUT2D eigenvalue weighted by molar-refractivity contribution is 7.14. The van der Waals surface area contributed by atoms with Crippen LogP contribution in [0.3, 0.4) is 0 Å². The van der Waals surface area contributed by atoms with Crippen molar-refractivity contribution in [3.63, 3.8) is 0 Å². The summed E-state index contributed by atoms with van der Waals surface area (Å²) in [7, 11) is 4.64. The van der Waals surface area contributed by atoms with Crippen LogP contribution in [0, 0.1) is 0 Å². The van der Waals surface area contributed by atoms with Crippen molar-refractivity contribution in [3.05, 3.63) is 33.5 Å². The van der Waals surface area contributed by atoms with Crippen molar-refractivity contribution in [1.29, 1.82) is 0 Å². The molecule has 1 amide bonds. The van der Waals surface area contributed by atoms with Crippen LogP contribution in [-0.4, -0.2) is 27.2 Å². The quantitative estimate of drug-likeness (QED) is 0.748. The lowest BCUT2D eigenvalue weighted by molar-refractivity contribution is 0.103. The average Bonchev–Trinajstić information content (AvgIpc) is 3.04. The molecule has 0 fully saturated rings. The Morgan fingerprint density at radius 1 is 1.04 bits per heavy atom. The Kier molecular flexibility index (Phi) is 6.70. The minimum Gasteiger partial charge on any atom is -0.493 e. The molecule has 0 radical (unpaired) electrons. The van der Waals surface area contributed by atoms with E-state index in [0.717, 1.165) is 19.3 Å². The maximum absolute atomic E-state index is 12.6. The second kappa shape index (κ2) is 8.76. The Bertz CT molecular complexity index is 714. The van der Waals surface area contributed by atoms with E-state index in [4.69, 9.17) is 14.2 Å². The molecule has 0 spiro atoms. The molecule has 25 heavy (non-hydrogen) atoms. The van der Waals surface area contributed by atoms with Gasteiger partial charge in [0.1, 0.15) is 0 Å². The largest absolute Gasteiger partial charge is 0.493 e. The predicted molar refractivity (Wildman–Crippen MR) is 102 cm³/mol. The summed E-state index contributed by atoms with van der Waals surface area (Å²) in [5, 5.41) is 2.92. The topological polar surface area (TPSA) is 56.8 Å². The van der Waals surface area contributed by atoms with Gasteiger partial charge < -0.3 is 19.5 Å². The second-order valence-corrected chi connectivity index (χ2v) is 6.67. The third kappa shape index (κ3) is 4.25. The van der Waals surface area contributed by atoms with Gasteiger partial charge in [0, 0.05) is 22.7 Å². The van der Waals surface area contributed by atoms with Crippen LogP contribution in [0.25, 0.3) is 0 Å². The lowest BCUT2D eigenvalue weighted by Crippen LogP contribution is -2.10. The van der Waals surface area contributed by atoms with E-state index in [1.165, 1.54) is 10.4 Å². The van der Waals surface area contributed by atoms with Crippen molar-refractivity contribution in [3.8, 4) is 17.2 Å². The molecule has 1 aromatic carbocycles. The molecule has 0 saturated heterocycles. The first kappa shape index (κ1) is 19.1. The van der Waals surface area contributed by atoms with Gasteiger partial charge in [-0.15, -0.1) is 11.3 Å². The van der Waals surface area contributed by atoms with Gasteiger partial charge in [-0.25, -0.2) is 0 Å². The fourth-order valence-corrected chi connectivity index (χ4v) is 3.91. The summed E-state index contributed by atoms with van der Waals surface area (Å²) in [6.07, 6.45) is 3.01. The number of carbonyl (C=O) groups excluding carboxylic acids is 1. The van der Waals surface area contributed by atoms with Gasteiger partial charge in [0.2, 0.25) is 5.75 Å². The van der Waals surface area contributed by atoms with Crippen molar-refractivity contribution >= 4 is 22.9 Å². The maximum atomic E-state index is 12.6. The van der Waals surface area contributed by atoms with Crippen LogP contribution >= 0.6 is 11.3 Å². The number of amides is 1. The highest BCUT2D eigenvalue weighted by Crippen LogP contribution is 2.40. The van der Waals surface area contributed by atoms with E-state index in [0.29, 0.717) is 27.8 Å². The Hall–Kier alpha value is -2.21. The fraction of sp³-hybridized carbons (Fsp3) is 0.421. The van der Waals surface area contributed by atoms with Gasteiger partial charge in [0.05, 0.1) is 26.2 Å². The van der Waals surface area contributed by atoms with Gasteiger partial charge in [-0.05, 0) is 24.5 Å². The van der Waals surface area contributed by atoms with Crippen LogP contribution < -0.4 is 19.5 Å².